The maximum absolute atomic E-state index is 13.2. The Hall–Kier alpha value is -1.50. The number of benzene rings is 2. The van der Waals surface area contributed by atoms with Crippen LogP contribution in [0.4, 0.5) is 0 Å². The molecule has 32 heavy (non-hydrogen) atoms. The van der Waals surface area contributed by atoms with Gasteiger partial charge in [0.15, 0.2) is 0 Å². The molecule has 1 aliphatic carbocycles. The molecule has 0 aliphatic heterocycles. The van der Waals surface area contributed by atoms with Gasteiger partial charge in [0, 0.05) is 27.8 Å². The summed E-state index contributed by atoms with van der Waals surface area (Å²) >= 11 is 11.1. The third-order valence-corrected chi connectivity index (χ3v) is 7.46. The summed E-state index contributed by atoms with van der Waals surface area (Å²) in [5, 5.41) is 3.87. The number of hydrogen-bond acceptors (Lipinski definition) is 3. The standard InChI is InChI=1S/C25H30BrClN2O2S/c1-18(25(31)28-23-11-3-2-4-12-23)29(15-19-7-5-9-21(26)13-19)24(30)17-32-16-20-8-6-10-22(27)14-20/h5-10,13-14,18,23H,2-4,11-12,15-17H2,1H3,(H,28,31)/t18-/m1/s1. The van der Waals surface area contributed by atoms with E-state index in [1.54, 1.807) is 4.90 Å². The molecule has 0 spiro atoms. The summed E-state index contributed by atoms with van der Waals surface area (Å²) < 4.78 is 0.956. The number of carbonyl (C=O) groups excluding carboxylic acids is 2. The lowest BCUT2D eigenvalue weighted by Crippen LogP contribution is -2.50. The SMILES string of the molecule is C[C@H](C(=O)NC1CCCCC1)N(Cc1cccc(Br)c1)C(=O)CSCc1cccc(Cl)c1. The Labute approximate surface area is 208 Å². The van der Waals surface area contributed by atoms with Gasteiger partial charge in [0.25, 0.3) is 0 Å². The maximum Gasteiger partial charge on any atom is 0.242 e. The molecular formula is C25H30BrClN2O2S. The number of rotatable bonds is 9. The zero-order valence-corrected chi connectivity index (χ0v) is 21.5. The molecule has 2 aromatic rings. The summed E-state index contributed by atoms with van der Waals surface area (Å²) in [5.74, 6) is 0.893. The van der Waals surface area contributed by atoms with Gasteiger partial charge in [0.1, 0.15) is 6.04 Å². The topological polar surface area (TPSA) is 49.4 Å². The zero-order valence-electron chi connectivity index (χ0n) is 18.4. The minimum absolute atomic E-state index is 0.0386. The lowest BCUT2D eigenvalue weighted by atomic mass is 9.95. The molecule has 0 aromatic heterocycles. The van der Waals surface area contributed by atoms with Crippen molar-refractivity contribution in [3.8, 4) is 0 Å². The van der Waals surface area contributed by atoms with Gasteiger partial charge in [0.05, 0.1) is 5.75 Å². The molecule has 4 nitrogen and oxygen atoms in total. The minimum atomic E-state index is -0.532. The van der Waals surface area contributed by atoms with Crippen molar-refractivity contribution in [1.82, 2.24) is 10.2 Å². The molecule has 2 aromatic carbocycles. The van der Waals surface area contributed by atoms with Gasteiger partial charge in [-0.25, -0.2) is 0 Å². The second-order valence-electron chi connectivity index (χ2n) is 8.29. The molecule has 0 heterocycles. The van der Waals surface area contributed by atoms with Crippen LogP contribution in [0.5, 0.6) is 0 Å². The summed E-state index contributed by atoms with van der Waals surface area (Å²) in [4.78, 5) is 27.9. The van der Waals surface area contributed by atoms with E-state index in [-0.39, 0.29) is 17.9 Å². The van der Waals surface area contributed by atoms with E-state index < -0.39 is 6.04 Å². The second-order valence-corrected chi connectivity index (χ2v) is 10.6. The molecule has 172 valence electrons. The van der Waals surface area contributed by atoms with Crippen LogP contribution in [0.25, 0.3) is 0 Å². The lowest BCUT2D eigenvalue weighted by Gasteiger charge is -2.31. The van der Waals surface area contributed by atoms with E-state index in [4.69, 9.17) is 11.6 Å². The third-order valence-electron chi connectivity index (χ3n) is 5.74. The highest BCUT2D eigenvalue weighted by Gasteiger charge is 2.28. The van der Waals surface area contributed by atoms with Crippen molar-refractivity contribution in [2.45, 2.75) is 63.4 Å². The predicted octanol–water partition coefficient (Wildman–Crippen LogP) is 6.20. The molecule has 0 unspecified atom stereocenters. The summed E-state index contributed by atoms with van der Waals surface area (Å²) in [6.45, 7) is 2.23. The van der Waals surface area contributed by atoms with Gasteiger partial charge in [-0.05, 0) is 55.2 Å². The average molecular weight is 538 g/mol. The number of amides is 2. The van der Waals surface area contributed by atoms with E-state index in [2.05, 4.69) is 21.2 Å². The van der Waals surface area contributed by atoms with Gasteiger partial charge < -0.3 is 10.2 Å². The highest BCUT2D eigenvalue weighted by atomic mass is 79.9. The van der Waals surface area contributed by atoms with Crippen molar-refractivity contribution in [2.75, 3.05) is 5.75 Å². The highest BCUT2D eigenvalue weighted by Crippen LogP contribution is 2.21. The Morgan fingerprint density at radius 3 is 2.56 bits per heavy atom. The van der Waals surface area contributed by atoms with Gasteiger partial charge >= 0.3 is 0 Å². The summed E-state index contributed by atoms with van der Waals surface area (Å²) in [7, 11) is 0. The average Bonchev–Trinajstić information content (AvgIpc) is 2.77. The molecule has 1 atom stereocenters. The van der Waals surface area contributed by atoms with Crippen LogP contribution in [-0.2, 0) is 21.9 Å². The fourth-order valence-corrected chi connectivity index (χ4v) is 5.47. The third kappa shape index (κ3) is 7.82. The Balaban J connectivity index is 1.65. The molecule has 7 heteroatoms. The van der Waals surface area contributed by atoms with Crippen molar-refractivity contribution in [2.24, 2.45) is 0 Å². The monoisotopic (exact) mass is 536 g/mol. The number of halogens is 2. The molecule has 3 rings (SSSR count). The number of carbonyl (C=O) groups is 2. The van der Waals surface area contributed by atoms with Crippen LogP contribution < -0.4 is 5.32 Å². The van der Waals surface area contributed by atoms with Crippen LogP contribution in [0.3, 0.4) is 0 Å². The minimum Gasteiger partial charge on any atom is -0.352 e. The lowest BCUT2D eigenvalue weighted by molar-refractivity contribution is -0.139. The van der Waals surface area contributed by atoms with Crippen LogP contribution in [0.15, 0.2) is 53.0 Å². The number of thioether (sulfide) groups is 1. The Bertz CT molecular complexity index is 920. The van der Waals surface area contributed by atoms with Gasteiger partial charge in [0.2, 0.25) is 11.8 Å². The smallest absolute Gasteiger partial charge is 0.242 e. The largest absolute Gasteiger partial charge is 0.352 e. The molecule has 1 saturated carbocycles. The molecule has 1 fully saturated rings. The summed E-state index contributed by atoms with van der Waals surface area (Å²) in [6, 6.07) is 15.2. The Morgan fingerprint density at radius 1 is 1.12 bits per heavy atom. The first kappa shape index (κ1) is 25.1. The molecular weight excluding hydrogens is 508 g/mol. The van der Waals surface area contributed by atoms with Crippen LogP contribution in [0.2, 0.25) is 5.02 Å². The number of nitrogens with zero attached hydrogens (tertiary/aromatic N) is 1. The van der Waals surface area contributed by atoms with Crippen molar-refractivity contribution in [3.63, 3.8) is 0 Å². The first-order valence-corrected chi connectivity index (χ1v) is 13.4. The van der Waals surface area contributed by atoms with Crippen LogP contribution in [0.1, 0.15) is 50.2 Å². The molecule has 2 amide bonds. The molecule has 1 aliphatic rings. The molecule has 0 bridgehead atoms. The summed E-state index contributed by atoms with van der Waals surface area (Å²) in [5.41, 5.74) is 2.07. The van der Waals surface area contributed by atoms with Crippen molar-refractivity contribution >= 4 is 51.1 Å². The molecule has 0 radical (unpaired) electrons. The highest BCUT2D eigenvalue weighted by molar-refractivity contribution is 9.10. The van der Waals surface area contributed by atoms with Gasteiger partial charge in [-0.1, -0.05) is 71.1 Å². The van der Waals surface area contributed by atoms with Crippen LogP contribution in [-0.4, -0.2) is 34.6 Å². The van der Waals surface area contributed by atoms with Gasteiger partial charge in [-0.3, -0.25) is 9.59 Å². The first-order chi connectivity index (χ1) is 15.4. The Kier molecular flexibility index (Phi) is 9.94. The van der Waals surface area contributed by atoms with Crippen molar-refractivity contribution in [1.29, 1.82) is 0 Å². The van der Waals surface area contributed by atoms with E-state index in [0.29, 0.717) is 23.1 Å². The van der Waals surface area contributed by atoms with E-state index in [1.807, 2.05) is 55.5 Å². The maximum atomic E-state index is 13.2. The van der Waals surface area contributed by atoms with Gasteiger partial charge in [-0.15, -0.1) is 11.8 Å². The zero-order chi connectivity index (χ0) is 22.9. The van der Waals surface area contributed by atoms with Gasteiger partial charge in [-0.2, -0.15) is 0 Å². The number of nitrogens with one attached hydrogen (secondary N) is 1. The fourth-order valence-electron chi connectivity index (χ4n) is 3.95. The molecule has 1 N–H and O–H groups in total. The fraction of sp³-hybridized carbons (Fsp3) is 0.440. The Morgan fingerprint density at radius 2 is 1.84 bits per heavy atom. The van der Waals surface area contributed by atoms with Crippen molar-refractivity contribution < 1.29 is 9.59 Å². The predicted molar refractivity (Wildman–Crippen MR) is 137 cm³/mol. The van der Waals surface area contributed by atoms with Crippen LogP contribution in [0, 0.1) is 0 Å². The van der Waals surface area contributed by atoms with E-state index in [1.165, 1.54) is 18.2 Å². The molecule has 0 saturated heterocycles. The number of hydrogen-bond donors (Lipinski definition) is 1. The van der Waals surface area contributed by atoms with E-state index >= 15 is 0 Å². The van der Waals surface area contributed by atoms with E-state index in [9.17, 15) is 9.59 Å². The normalized spacial score (nSPS) is 15.2. The van der Waals surface area contributed by atoms with Crippen molar-refractivity contribution in [3.05, 3.63) is 69.2 Å². The first-order valence-electron chi connectivity index (χ1n) is 11.1. The summed E-state index contributed by atoms with van der Waals surface area (Å²) in [6.07, 6.45) is 5.58. The quantitative estimate of drug-likeness (QED) is 0.414. The second kappa shape index (κ2) is 12.7. The van der Waals surface area contributed by atoms with E-state index in [0.717, 1.165) is 41.3 Å². The van der Waals surface area contributed by atoms with Crippen LogP contribution >= 0.6 is 39.3 Å².